The molecule has 3 rings (SSSR count). The van der Waals surface area contributed by atoms with Crippen molar-refractivity contribution in [3.8, 4) is 5.69 Å². The van der Waals surface area contributed by atoms with Crippen LogP contribution in [0, 0.1) is 0 Å². The molecular weight excluding hydrogens is 222 g/mol. The fourth-order valence-corrected chi connectivity index (χ4v) is 1.91. The lowest BCUT2D eigenvalue weighted by Gasteiger charge is -2.03. The third kappa shape index (κ3) is 1.37. The fraction of sp³-hybridized carbons (Fsp3) is 0. The number of fused-ring (bicyclic) bond motifs is 1. The summed E-state index contributed by atoms with van der Waals surface area (Å²) in [6, 6.07) is 11.9. The molecule has 3 nitrogen and oxygen atoms in total. The minimum atomic E-state index is 0.486. The standard InChI is InChI=1S/C12H8ClN3/c13-11-10-6-7-16(12(10)15-8-14-11)9-4-2-1-3-5-9/h1-8H. The summed E-state index contributed by atoms with van der Waals surface area (Å²) in [5.41, 5.74) is 1.89. The lowest BCUT2D eigenvalue weighted by molar-refractivity contribution is 1.08. The van der Waals surface area contributed by atoms with Crippen LogP contribution in [0.2, 0.25) is 5.15 Å². The molecule has 2 aromatic heterocycles. The second-order valence-electron chi connectivity index (χ2n) is 3.42. The largest absolute Gasteiger partial charge is 0.301 e. The van der Waals surface area contributed by atoms with Crippen LogP contribution in [-0.4, -0.2) is 14.5 Å². The van der Waals surface area contributed by atoms with Gasteiger partial charge in [-0.1, -0.05) is 29.8 Å². The Morgan fingerprint density at radius 2 is 1.81 bits per heavy atom. The zero-order chi connectivity index (χ0) is 11.0. The first-order valence-corrected chi connectivity index (χ1v) is 5.27. The van der Waals surface area contributed by atoms with E-state index >= 15 is 0 Å². The SMILES string of the molecule is Clc1ncnc2c1ccn2-c1ccccc1. The molecule has 78 valence electrons. The Morgan fingerprint density at radius 3 is 2.62 bits per heavy atom. The van der Waals surface area contributed by atoms with Gasteiger partial charge in [-0.3, -0.25) is 0 Å². The average molecular weight is 230 g/mol. The van der Waals surface area contributed by atoms with Crippen molar-refractivity contribution >= 4 is 22.6 Å². The van der Waals surface area contributed by atoms with Gasteiger partial charge in [0, 0.05) is 11.9 Å². The molecule has 4 heteroatoms. The number of hydrogen-bond donors (Lipinski definition) is 0. The van der Waals surface area contributed by atoms with Crippen molar-refractivity contribution < 1.29 is 0 Å². The van der Waals surface area contributed by atoms with Crippen LogP contribution in [0.3, 0.4) is 0 Å². The fourth-order valence-electron chi connectivity index (χ4n) is 1.72. The number of benzene rings is 1. The molecule has 0 fully saturated rings. The van der Waals surface area contributed by atoms with Crippen molar-refractivity contribution in [3.63, 3.8) is 0 Å². The summed E-state index contributed by atoms with van der Waals surface area (Å²) in [4.78, 5) is 8.20. The Morgan fingerprint density at radius 1 is 1.00 bits per heavy atom. The predicted molar refractivity (Wildman–Crippen MR) is 63.9 cm³/mol. The zero-order valence-electron chi connectivity index (χ0n) is 8.34. The van der Waals surface area contributed by atoms with E-state index in [0.717, 1.165) is 16.7 Å². The minimum Gasteiger partial charge on any atom is -0.301 e. The van der Waals surface area contributed by atoms with E-state index in [1.54, 1.807) is 0 Å². The van der Waals surface area contributed by atoms with Crippen LogP contribution in [0.1, 0.15) is 0 Å². The number of aromatic nitrogens is 3. The number of halogens is 1. The van der Waals surface area contributed by atoms with E-state index in [9.17, 15) is 0 Å². The molecule has 0 saturated carbocycles. The molecule has 0 aliphatic rings. The van der Waals surface area contributed by atoms with Gasteiger partial charge >= 0.3 is 0 Å². The quantitative estimate of drug-likeness (QED) is 0.601. The Hall–Kier alpha value is -1.87. The van der Waals surface area contributed by atoms with Crippen molar-refractivity contribution in [3.05, 3.63) is 54.1 Å². The van der Waals surface area contributed by atoms with Crippen molar-refractivity contribution in [1.29, 1.82) is 0 Å². The molecule has 0 atom stereocenters. The van der Waals surface area contributed by atoms with Gasteiger partial charge in [0.2, 0.25) is 0 Å². The molecule has 0 unspecified atom stereocenters. The highest BCUT2D eigenvalue weighted by molar-refractivity contribution is 6.33. The van der Waals surface area contributed by atoms with E-state index in [0.29, 0.717) is 5.15 Å². The van der Waals surface area contributed by atoms with Gasteiger partial charge in [-0.25, -0.2) is 9.97 Å². The summed E-state index contributed by atoms with van der Waals surface area (Å²) in [6.07, 6.45) is 3.42. The van der Waals surface area contributed by atoms with Gasteiger partial charge in [-0.15, -0.1) is 0 Å². The molecule has 0 aliphatic heterocycles. The summed E-state index contributed by atoms with van der Waals surface area (Å²) in [5, 5.41) is 1.35. The Labute approximate surface area is 97.3 Å². The van der Waals surface area contributed by atoms with Gasteiger partial charge in [0.15, 0.2) is 0 Å². The Bertz CT molecular complexity index is 631. The van der Waals surface area contributed by atoms with Gasteiger partial charge in [0.05, 0.1) is 5.39 Å². The van der Waals surface area contributed by atoms with Crippen LogP contribution in [0.15, 0.2) is 48.9 Å². The van der Waals surface area contributed by atoms with E-state index in [1.807, 2.05) is 47.2 Å². The molecule has 0 N–H and O–H groups in total. The molecule has 2 heterocycles. The molecule has 0 saturated heterocycles. The van der Waals surface area contributed by atoms with Crippen LogP contribution in [0.4, 0.5) is 0 Å². The van der Waals surface area contributed by atoms with Gasteiger partial charge in [0.1, 0.15) is 17.1 Å². The van der Waals surface area contributed by atoms with Gasteiger partial charge in [-0.2, -0.15) is 0 Å². The Balaban J connectivity index is 2.30. The maximum Gasteiger partial charge on any atom is 0.149 e. The van der Waals surface area contributed by atoms with E-state index in [1.165, 1.54) is 6.33 Å². The first-order chi connectivity index (χ1) is 7.86. The van der Waals surface area contributed by atoms with Crippen molar-refractivity contribution in [2.24, 2.45) is 0 Å². The minimum absolute atomic E-state index is 0.486. The smallest absolute Gasteiger partial charge is 0.149 e. The highest BCUT2D eigenvalue weighted by Crippen LogP contribution is 2.22. The van der Waals surface area contributed by atoms with Crippen molar-refractivity contribution in [2.75, 3.05) is 0 Å². The molecule has 16 heavy (non-hydrogen) atoms. The zero-order valence-corrected chi connectivity index (χ0v) is 9.09. The Kier molecular flexibility index (Phi) is 2.11. The summed E-state index contributed by atoms with van der Waals surface area (Å²) < 4.78 is 1.99. The molecular formula is C12H8ClN3. The summed E-state index contributed by atoms with van der Waals surface area (Å²) in [6.45, 7) is 0. The lowest BCUT2D eigenvalue weighted by Crippen LogP contribution is -1.93. The number of para-hydroxylation sites is 1. The molecule has 1 aromatic carbocycles. The van der Waals surface area contributed by atoms with Gasteiger partial charge in [-0.05, 0) is 18.2 Å². The second-order valence-corrected chi connectivity index (χ2v) is 3.78. The van der Waals surface area contributed by atoms with Crippen LogP contribution < -0.4 is 0 Å². The molecule has 0 bridgehead atoms. The van der Waals surface area contributed by atoms with Crippen LogP contribution in [0.25, 0.3) is 16.7 Å². The van der Waals surface area contributed by atoms with Gasteiger partial charge < -0.3 is 4.57 Å². The first-order valence-electron chi connectivity index (χ1n) is 4.89. The highest BCUT2D eigenvalue weighted by atomic mass is 35.5. The van der Waals surface area contributed by atoms with Crippen LogP contribution in [-0.2, 0) is 0 Å². The molecule has 3 aromatic rings. The monoisotopic (exact) mass is 229 g/mol. The summed E-state index contributed by atoms with van der Waals surface area (Å²) in [7, 11) is 0. The van der Waals surface area contributed by atoms with E-state index < -0.39 is 0 Å². The number of hydrogen-bond acceptors (Lipinski definition) is 2. The first kappa shape index (κ1) is 9.36. The maximum atomic E-state index is 5.99. The van der Waals surface area contributed by atoms with Crippen molar-refractivity contribution in [1.82, 2.24) is 14.5 Å². The molecule has 0 aliphatic carbocycles. The predicted octanol–water partition coefficient (Wildman–Crippen LogP) is 3.07. The van der Waals surface area contributed by atoms with E-state index in [-0.39, 0.29) is 0 Å². The number of rotatable bonds is 1. The second kappa shape index (κ2) is 3.61. The van der Waals surface area contributed by atoms with E-state index in [2.05, 4.69) is 9.97 Å². The molecule has 0 amide bonds. The lowest BCUT2D eigenvalue weighted by atomic mass is 10.3. The third-order valence-electron chi connectivity index (χ3n) is 2.47. The topological polar surface area (TPSA) is 30.7 Å². The maximum absolute atomic E-state index is 5.99. The van der Waals surface area contributed by atoms with Crippen LogP contribution in [0.5, 0.6) is 0 Å². The third-order valence-corrected chi connectivity index (χ3v) is 2.77. The molecule has 0 radical (unpaired) electrons. The average Bonchev–Trinajstić information content (AvgIpc) is 2.75. The normalized spacial score (nSPS) is 10.8. The van der Waals surface area contributed by atoms with Crippen LogP contribution >= 0.6 is 11.6 Å². The number of nitrogens with zero attached hydrogens (tertiary/aromatic N) is 3. The summed E-state index contributed by atoms with van der Waals surface area (Å²) in [5.74, 6) is 0. The van der Waals surface area contributed by atoms with Gasteiger partial charge in [0.25, 0.3) is 0 Å². The van der Waals surface area contributed by atoms with Crippen molar-refractivity contribution in [2.45, 2.75) is 0 Å². The molecule has 0 spiro atoms. The highest BCUT2D eigenvalue weighted by Gasteiger charge is 2.07. The summed E-state index contributed by atoms with van der Waals surface area (Å²) >= 11 is 5.99. The van der Waals surface area contributed by atoms with E-state index in [4.69, 9.17) is 11.6 Å².